The van der Waals surface area contributed by atoms with Gasteiger partial charge < -0.3 is 18.9 Å². The number of aromatic nitrogens is 2. The van der Waals surface area contributed by atoms with Gasteiger partial charge in [0.05, 0.1) is 33.6 Å². The quantitative estimate of drug-likeness (QED) is 0.164. The number of rotatable bonds is 3. The molecule has 0 saturated heterocycles. The molecule has 5 heteroatoms. The predicted octanol–water partition coefficient (Wildman–Crippen LogP) is 15.2. The van der Waals surface area contributed by atoms with Crippen LogP contribution in [0.5, 0.6) is 0 Å². The van der Waals surface area contributed by atoms with Gasteiger partial charge >= 0.3 is 0 Å². The molecule has 0 unspecified atom stereocenters. The Balaban J connectivity index is 1.17. The summed E-state index contributed by atoms with van der Waals surface area (Å²) in [5.41, 5.74) is 23.6. The highest BCUT2D eigenvalue weighted by Crippen LogP contribution is 2.54. The average Bonchev–Trinajstić information content (AvgIpc) is 3.88. The third-order valence-electron chi connectivity index (χ3n) is 16.2. The number of para-hydroxylation sites is 5. The van der Waals surface area contributed by atoms with Crippen LogP contribution in [0.1, 0.15) is 77.6 Å². The minimum atomic E-state index is -0.192. The Hall–Kier alpha value is -7.76. The molecule has 4 nitrogen and oxygen atoms in total. The molecule has 9 aromatic carbocycles. The fourth-order valence-electron chi connectivity index (χ4n) is 12.8. The molecule has 14 rings (SSSR count). The number of hydrogen-bond donors (Lipinski definition) is 0. The Kier molecular flexibility index (Phi) is 8.35. The van der Waals surface area contributed by atoms with Crippen LogP contribution in [0.2, 0.25) is 0 Å². The van der Waals surface area contributed by atoms with Crippen molar-refractivity contribution >= 4 is 101 Å². The SMILES string of the molecule is CC(C)(C)c1ccc(N2c3ccc(C(C)(C)C)cc3B3c4c2cc(N2c5ccccc5C(C)(C)c5ccccc52)cc4-n2c4c3cccc4c3ccc4c(c5ccccc5n4-c4ccccc4)c32)cc1. The van der Waals surface area contributed by atoms with Crippen LogP contribution in [0.15, 0.2) is 188 Å². The molecule has 3 aliphatic rings. The van der Waals surface area contributed by atoms with Crippen molar-refractivity contribution in [3.8, 4) is 11.4 Å². The normalized spacial score (nSPS) is 14.6. The summed E-state index contributed by atoms with van der Waals surface area (Å²) in [6.45, 7) is 18.7. The topological polar surface area (TPSA) is 16.3 Å². The van der Waals surface area contributed by atoms with Crippen LogP contribution in [0.3, 0.4) is 0 Å². The van der Waals surface area contributed by atoms with Gasteiger partial charge in [-0.2, -0.15) is 0 Å². The molecule has 0 aliphatic carbocycles. The zero-order valence-corrected chi connectivity index (χ0v) is 41.3. The maximum absolute atomic E-state index is 2.69. The van der Waals surface area contributed by atoms with E-state index in [0.717, 1.165) is 17.1 Å². The van der Waals surface area contributed by atoms with Crippen LogP contribution < -0.4 is 26.2 Å². The summed E-state index contributed by atoms with van der Waals surface area (Å²) in [6, 6.07) is 71.7. The number of hydrogen-bond acceptors (Lipinski definition) is 2. The van der Waals surface area contributed by atoms with E-state index < -0.39 is 0 Å². The van der Waals surface area contributed by atoms with E-state index in [-0.39, 0.29) is 23.0 Å². The lowest BCUT2D eigenvalue weighted by Crippen LogP contribution is -2.60. The van der Waals surface area contributed by atoms with E-state index in [1.165, 1.54) is 111 Å². The van der Waals surface area contributed by atoms with E-state index in [4.69, 9.17) is 0 Å². The summed E-state index contributed by atoms with van der Waals surface area (Å²) in [5.74, 6) is 0. The summed E-state index contributed by atoms with van der Waals surface area (Å²) in [7, 11) is 0. The second-order valence-electron chi connectivity index (χ2n) is 22.6. The van der Waals surface area contributed by atoms with E-state index in [1.807, 2.05) is 0 Å². The molecule has 70 heavy (non-hydrogen) atoms. The van der Waals surface area contributed by atoms with Gasteiger partial charge in [-0.15, -0.1) is 0 Å². The lowest BCUT2D eigenvalue weighted by molar-refractivity contribution is 0.590. The molecular formula is C65H55BN4. The first-order valence-electron chi connectivity index (χ1n) is 25.1. The number of anilines is 6. The summed E-state index contributed by atoms with van der Waals surface area (Å²) in [4.78, 5) is 5.15. The Morgan fingerprint density at radius 2 is 0.986 bits per heavy atom. The van der Waals surface area contributed by atoms with E-state index in [1.54, 1.807) is 0 Å². The predicted molar refractivity (Wildman–Crippen MR) is 299 cm³/mol. The van der Waals surface area contributed by atoms with Crippen LogP contribution in [0.25, 0.3) is 55.0 Å². The molecular weight excluding hydrogens is 848 g/mol. The number of benzene rings is 9. The Labute approximate surface area is 411 Å². The molecule has 11 aromatic rings. The summed E-state index contributed by atoms with van der Waals surface area (Å²) < 4.78 is 5.15. The van der Waals surface area contributed by atoms with Crippen molar-refractivity contribution in [1.82, 2.24) is 9.13 Å². The fourth-order valence-corrected chi connectivity index (χ4v) is 12.8. The van der Waals surface area contributed by atoms with Crippen molar-refractivity contribution in [3.05, 3.63) is 210 Å². The first-order valence-corrected chi connectivity index (χ1v) is 25.1. The summed E-state index contributed by atoms with van der Waals surface area (Å²) >= 11 is 0. The first kappa shape index (κ1) is 41.2. The van der Waals surface area contributed by atoms with Crippen LogP contribution in [0.4, 0.5) is 34.1 Å². The lowest BCUT2D eigenvalue weighted by atomic mass is 9.33. The van der Waals surface area contributed by atoms with Crippen molar-refractivity contribution in [1.29, 1.82) is 0 Å². The standard InChI is InChI=1S/C65H55BN4/c1-63(2,3)40-29-32-43(33-30-40)68-55-35-31-41(64(4,5)6)37-51(55)66-50-25-18-22-45-46-34-36-56-59(47-21-12-15-26-52(47)67(56)42-19-10-9-11-20-42)62(46)70(61(45)50)58-39-44(38-57(68)60(58)66)69-53-27-16-13-23-48(53)65(7,8)49-24-14-17-28-54(49)69/h9-39H,1-8H3. The van der Waals surface area contributed by atoms with Gasteiger partial charge in [-0.05, 0) is 116 Å². The maximum Gasteiger partial charge on any atom is 0.252 e. The van der Waals surface area contributed by atoms with Crippen LogP contribution >= 0.6 is 0 Å². The monoisotopic (exact) mass is 902 g/mol. The highest BCUT2D eigenvalue weighted by atomic mass is 15.2. The summed E-state index contributed by atoms with van der Waals surface area (Å²) in [5, 5.41) is 5.08. The molecule has 0 saturated carbocycles. The molecule has 2 aromatic heterocycles. The fraction of sp³-hybridized carbons (Fsp3) is 0.169. The van der Waals surface area contributed by atoms with Crippen molar-refractivity contribution in [2.45, 2.75) is 71.6 Å². The van der Waals surface area contributed by atoms with Crippen LogP contribution in [0, 0.1) is 0 Å². The van der Waals surface area contributed by atoms with Crippen LogP contribution in [-0.4, -0.2) is 15.8 Å². The van der Waals surface area contributed by atoms with Gasteiger partial charge in [-0.25, -0.2) is 0 Å². The smallest absolute Gasteiger partial charge is 0.252 e. The molecule has 0 radical (unpaired) electrons. The highest BCUT2D eigenvalue weighted by Gasteiger charge is 2.45. The number of nitrogens with zero attached hydrogens (tertiary/aromatic N) is 4. The van der Waals surface area contributed by atoms with E-state index >= 15 is 0 Å². The summed E-state index contributed by atoms with van der Waals surface area (Å²) in [6.07, 6.45) is 0. The molecule has 0 fully saturated rings. The molecule has 3 aliphatic heterocycles. The Morgan fingerprint density at radius 3 is 1.70 bits per heavy atom. The largest absolute Gasteiger partial charge is 0.311 e. The maximum atomic E-state index is 2.69. The van der Waals surface area contributed by atoms with E-state index in [2.05, 4.69) is 262 Å². The van der Waals surface area contributed by atoms with Gasteiger partial charge in [0.15, 0.2) is 0 Å². The molecule has 338 valence electrons. The van der Waals surface area contributed by atoms with Gasteiger partial charge in [0, 0.05) is 60.9 Å². The molecule has 0 spiro atoms. The van der Waals surface area contributed by atoms with Crippen molar-refractivity contribution < 1.29 is 0 Å². The average molecular weight is 903 g/mol. The van der Waals surface area contributed by atoms with Gasteiger partial charge in [-0.3, -0.25) is 0 Å². The Morgan fingerprint density at radius 1 is 0.386 bits per heavy atom. The third kappa shape index (κ3) is 5.55. The lowest BCUT2D eigenvalue weighted by Gasteiger charge is -2.44. The van der Waals surface area contributed by atoms with Gasteiger partial charge in [0.25, 0.3) is 6.71 Å². The second-order valence-corrected chi connectivity index (χ2v) is 22.6. The third-order valence-corrected chi connectivity index (χ3v) is 16.2. The van der Waals surface area contributed by atoms with E-state index in [9.17, 15) is 0 Å². The van der Waals surface area contributed by atoms with E-state index in [0.29, 0.717) is 0 Å². The van der Waals surface area contributed by atoms with Gasteiger partial charge in [-0.1, -0.05) is 177 Å². The molecule has 0 atom stereocenters. The minimum Gasteiger partial charge on any atom is -0.311 e. The number of fused-ring (bicyclic) bond motifs is 13. The minimum absolute atomic E-state index is 0.0111. The highest BCUT2D eigenvalue weighted by molar-refractivity contribution is 7.00. The molecule has 0 amide bonds. The first-order chi connectivity index (χ1) is 33.8. The zero-order chi connectivity index (χ0) is 47.6. The van der Waals surface area contributed by atoms with Crippen molar-refractivity contribution in [2.24, 2.45) is 0 Å². The molecule has 0 bridgehead atoms. The van der Waals surface area contributed by atoms with Crippen LogP contribution in [-0.2, 0) is 16.2 Å². The van der Waals surface area contributed by atoms with Gasteiger partial charge in [0.2, 0.25) is 0 Å². The van der Waals surface area contributed by atoms with Crippen molar-refractivity contribution in [3.63, 3.8) is 0 Å². The molecule has 0 N–H and O–H groups in total. The van der Waals surface area contributed by atoms with Crippen molar-refractivity contribution in [2.75, 3.05) is 9.80 Å². The second kappa shape index (κ2) is 14.2. The zero-order valence-electron chi connectivity index (χ0n) is 41.3. The Bertz CT molecular complexity index is 3960. The van der Waals surface area contributed by atoms with Gasteiger partial charge in [0.1, 0.15) is 0 Å². The molecule has 5 heterocycles.